The van der Waals surface area contributed by atoms with E-state index >= 15 is 0 Å². The van der Waals surface area contributed by atoms with Gasteiger partial charge in [0.05, 0.1) is 5.60 Å². The predicted octanol–water partition coefficient (Wildman–Crippen LogP) is 3.43. The minimum atomic E-state index is -0.559. The van der Waals surface area contributed by atoms with Crippen LogP contribution >= 0.6 is 11.8 Å². The first-order valence-electron chi connectivity index (χ1n) is 6.01. The van der Waals surface area contributed by atoms with Crippen LogP contribution in [-0.2, 0) is 5.60 Å². The first kappa shape index (κ1) is 12.0. The van der Waals surface area contributed by atoms with Gasteiger partial charge >= 0.3 is 0 Å². The van der Waals surface area contributed by atoms with Crippen LogP contribution in [0.5, 0.6) is 0 Å². The van der Waals surface area contributed by atoms with E-state index in [1.165, 1.54) is 5.75 Å². The summed E-state index contributed by atoms with van der Waals surface area (Å²) in [6, 6.07) is 10.1. The molecule has 1 fully saturated rings. The minimum absolute atomic E-state index is 0.559. The number of hydrogen-bond donors (Lipinski definition) is 1. The van der Waals surface area contributed by atoms with Crippen LogP contribution in [0.25, 0.3) is 0 Å². The van der Waals surface area contributed by atoms with Crippen LogP contribution in [-0.4, -0.2) is 17.1 Å². The van der Waals surface area contributed by atoms with E-state index < -0.39 is 5.60 Å². The third-order valence-corrected chi connectivity index (χ3v) is 4.45. The van der Waals surface area contributed by atoms with E-state index in [2.05, 4.69) is 18.4 Å². The molecule has 0 radical (unpaired) electrons. The third-order valence-electron chi connectivity index (χ3n) is 3.65. The first-order chi connectivity index (χ1) is 7.74. The Morgan fingerprint density at radius 1 is 1.25 bits per heavy atom. The summed E-state index contributed by atoms with van der Waals surface area (Å²) in [5.74, 6) is 2.05. The smallest absolute Gasteiger partial charge is 0.0896 e. The van der Waals surface area contributed by atoms with Crippen LogP contribution in [0.1, 0.15) is 31.2 Å². The van der Waals surface area contributed by atoms with Gasteiger partial charge in [-0.1, -0.05) is 30.3 Å². The fraction of sp³-hybridized carbons (Fsp3) is 0.571. The molecule has 0 atom stereocenters. The summed E-state index contributed by atoms with van der Waals surface area (Å²) in [5.41, 5.74) is 0.536. The lowest BCUT2D eigenvalue weighted by molar-refractivity contribution is -0.0114. The fourth-order valence-corrected chi connectivity index (χ4v) is 3.40. The van der Waals surface area contributed by atoms with Gasteiger partial charge in [0.15, 0.2) is 0 Å². The Morgan fingerprint density at radius 3 is 2.44 bits per heavy atom. The molecule has 0 aromatic heterocycles. The number of aliphatic hydroxyl groups is 1. The molecule has 0 heterocycles. The van der Waals surface area contributed by atoms with Crippen molar-refractivity contribution in [3.8, 4) is 0 Å². The molecule has 1 aromatic carbocycles. The number of benzene rings is 1. The van der Waals surface area contributed by atoms with E-state index in [4.69, 9.17) is 0 Å². The average Bonchev–Trinajstić information content (AvgIpc) is 2.34. The van der Waals surface area contributed by atoms with Crippen molar-refractivity contribution in [2.45, 2.75) is 31.3 Å². The van der Waals surface area contributed by atoms with Crippen molar-refractivity contribution in [3.05, 3.63) is 35.9 Å². The Morgan fingerprint density at radius 2 is 1.88 bits per heavy atom. The molecule has 0 spiro atoms. The Kier molecular flexibility index (Phi) is 3.93. The summed E-state index contributed by atoms with van der Waals surface area (Å²) in [5, 5.41) is 10.6. The minimum Gasteiger partial charge on any atom is -0.385 e. The van der Waals surface area contributed by atoms with Gasteiger partial charge in [-0.25, -0.2) is 0 Å². The van der Waals surface area contributed by atoms with Gasteiger partial charge in [-0.15, -0.1) is 0 Å². The largest absolute Gasteiger partial charge is 0.385 e. The van der Waals surface area contributed by atoms with Gasteiger partial charge in [0.2, 0.25) is 0 Å². The zero-order valence-corrected chi connectivity index (χ0v) is 10.7. The van der Waals surface area contributed by atoms with E-state index in [0.29, 0.717) is 0 Å². The average molecular weight is 236 g/mol. The summed E-state index contributed by atoms with van der Waals surface area (Å²) < 4.78 is 0. The maximum Gasteiger partial charge on any atom is 0.0896 e. The van der Waals surface area contributed by atoms with Gasteiger partial charge in [0.25, 0.3) is 0 Å². The maximum absolute atomic E-state index is 10.6. The van der Waals surface area contributed by atoms with Crippen LogP contribution in [0.2, 0.25) is 0 Å². The fourth-order valence-electron chi connectivity index (χ4n) is 2.59. The molecule has 1 aliphatic carbocycles. The van der Waals surface area contributed by atoms with Gasteiger partial charge in [-0.2, -0.15) is 11.8 Å². The van der Waals surface area contributed by atoms with E-state index in [1.807, 2.05) is 30.0 Å². The molecule has 1 aliphatic rings. The van der Waals surface area contributed by atoms with Crippen molar-refractivity contribution in [2.24, 2.45) is 5.92 Å². The van der Waals surface area contributed by atoms with Crippen LogP contribution in [0.3, 0.4) is 0 Å². The zero-order chi connectivity index (χ0) is 11.4. The second-order valence-electron chi connectivity index (χ2n) is 4.80. The lowest BCUT2D eigenvalue weighted by Gasteiger charge is -2.36. The Hall–Kier alpha value is -0.470. The highest BCUT2D eigenvalue weighted by atomic mass is 32.2. The number of hydrogen-bond acceptors (Lipinski definition) is 2. The highest BCUT2D eigenvalue weighted by molar-refractivity contribution is 7.98. The second-order valence-corrected chi connectivity index (χ2v) is 5.71. The SMILES string of the molecule is CSCC1CCC(O)(c2ccccc2)CC1. The van der Waals surface area contributed by atoms with Crippen LogP contribution in [0.4, 0.5) is 0 Å². The maximum atomic E-state index is 10.6. The van der Waals surface area contributed by atoms with Gasteiger partial charge in [-0.05, 0) is 49.2 Å². The molecule has 0 bridgehead atoms. The molecule has 2 heteroatoms. The molecular weight excluding hydrogens is 216 g/mol. The van der Waals surface area contributed by atoms with E-state index in [9.17, 15) is 5.11 Å². The first-order valence-corrected chi connectivity index (χ1v) is 7.41. The summed E-state index contributed by atoms with van der Waals surface area (Å²) in [4.78, 5) is 0. The van der Waals surface area contributed by atoms with Crippen LogP contribution < -0.4 is 0 Å². The normalized spacial score (nSPS) is 30.2. The monoisotopic (exact) mass is 236 g/mol. The van der Waals surface area contributed by atoms with Gasteiger partial charge in [-0.3, -0.25) is 0 Å². The molecule has 16 heavy (non-hydrogen) atoms. The van der Waals surface area contributed by atoms with Gasteiger partial charge in [0, 0.05) is 0 Å². The predicted molar refractivity (Wildman–Crippen MR) is 70.7 cm³/mol. The van der Waals surface area contributed by atoms with Crippen LogP contribution in [0, 0.1) is 5.92 Å². The second kappa shape index (κ2) is 5.24. The molecule has 0 aliphatic heterocycles. The van der Waals surface area contributed by atoms with Crippen molar-refractivity contribution in [1.82, 2.24) is 0 Å². The highest BCUT2D eigenvalue weighted by Crippen LogP contribution is 2.39. The molecule has 0 unspecified atom stereocenters. The summed E-state index contributed by atoms with van der Waals surface area (Å²) in [7, 11) is 0. The molecule has 1 aromatic rings. The van der Waals surface area contributed by atoms with E-state index in [-0.39, 0.29) is 0 Å². The quantitative estimate of drug-likeness (QED) is 0.867. The summed E-state index contributed by atoms with van der Waals surface area (Å²) in [6.45, 7) is 0. The molecule has 1 nitrogen and oxygen atoms in total. The van der Waals surface area contributed by atoms with Crippen molar-refractivity contribution < 1.29 is 5.11 Å². The topological polar surface area (TPSA) is 20.2 Å². The molecule has 1 saturated carbocycles. The molecule has 0 saturated heterocycles. The number of rotatable bonds is 3. The summed E-state index contributed by atoms with van der Waals surface area (Å²) in [6.07, 6.45) is 6.32. The van der Waals surface area contributed by atoms with Crippen molar-refractivity contribution in [1.29, 1.82) is 0 Å². The summed E-state index contributed by atoms with van der Waals surface area (Å²) >= 11 is 1.92. The Bertz CT molecular complexity index is 315. The molecule has 1 N–H and O–H groups in total. The van der Waals surface area contributed by atoms with Gasteiger partial charge in [0.1, 0.15) is 0 Å². The molecule has 88 valence electrons. The van der Waals surface area contributed by atoms with Crippen molar-refractivity contribution in [2.75, 3.05) is 12.0 Å². The zero-order valence-electron chi connectivity index (χ0n) is 9.86. The standard InChI is InChI=1S/C14H20OS/c1-16-11-12-7-9-14(15,10-8-12)13-5-3-2-4-6-13/h2-6,12,15H,7-11H2,1H3. The highest BCUT2D eigenvalue weighted by Gasteiger charge is 2.34. The molecule has 0 amide bonds. The number of thioether (sulfide) groups is 1. The Labute approximate surface area is 102 Å². The lowest BCUT2D eigenvalue weighted by Crippen LogP contribution is -2.32. The lowest BCUT2D eigenvalue weighted by atomic mass is 9.76. The third kappa shape index (κ3) is 2.61. The van der Waals surface area contributed by atoms with E-state index in [0.717, 1.165) is 37.2 Å². The van der Waals surface area contributed by atoms with Crippen LogP contribution in [0.15, 0.2) is 30.3 Å². The van der Waals surface area contributed by atoms with Gasteiger partial charge < -0.3 is 5.11 Å². The Balaban J connectivity index is 2.01. The van der Waals surface area contributed by atoms with E-state index in [1.54, 1.807) is 0 Å². The van der Waals surface area contributed by atoms with Crippen molar-refractivity contribution >= 4 is 11.8 Å². The van der Waals surface area contributed by atoms with Crippen molar-refractivity contribution in [3.63, 3.8) is 0 Å². The molecule has 2 rings (SSSR count). The molecular formula is C14H20OS.